The zero-order valence-electron chi connectivity index (χ0n) is 8.27. The van der Waals surface area contributed by atoms with Crippen LogP contribution in [-0.2, 0) is 0 Å². The summed E-state index contributed by atoms with van der Waals surface area (Å²) in [5.41, 5.74) is 0.878. The predicted octanol–water partition coefficient (Wildman–Crippen LogP) is 4.06. The van der Waals surface area contributed by atoms with Gasteiger partial charge in [0.1, 0.15) is 7.85 Å². The molecule has 2 radical (unpaired) electrons. The van der Waals surface area contributed by atoms with E-state index in [2.05, 4.69) is 30.3 Å². The fraction of sp³-hybridized carbons (Fsp3) is 0.125. The van der Waals surface area contributed by atoms with Crippen LogP contribution in [0.25, 0.3) is 21.5 Å². The van der Waals surface area contributed by atoms with Crippen molar-refractivity contribution in [1.29, 1.82) is 0 Å². The van der Waals surface area contributed by atoms with Crippen LogP contribution >= 0.6 is 0 Å². The van der Waals surface area contributed by atoms with Gasteiger partial charge in [0, 0.05) is 0 Å². The van der Waals surface area contributed by atoms with Crippen LogP contribution in [0.3, 0.4) is 0 Å². The fourth-order valence-electron chi connectivity index (χ4n) is 2.05. The second-order valence-corrected chi connectivity index (χ2v) is 3.73. The van der Waals surface area contributed by atoms with E-state index < -0.39 is 0 Å². The van der Waals surface area contributed by atoms with Gasteiger partial charge < -0.3 is 0 Å². The maximum absolute atomic E-state index is 6.15. The van der Waals surface area contributed by atoms with Crippen molar-refractivity contribution in [2.24, 2.45) is 0 Å². The summed E-state index contributed by atoms with van der Waals surface area (Å²) in [4.78, 5) is 0. The van der Waals surface area contributed by atoms with Crippen LogP contribution in [-0.4, -0.2) is 7.85 Å². The highest BCUT2D eigenvalue weighted by molar-refractivity contribution is 6.45. The van der Waals surface area contributed by atoms with E-state index in [-0.39, 0.29) is 14.9 Å². The molecule has 0 amide bonds. The van der Waals surface area contributed by atoms with Crippen molar-refractivity contribution in [3.8, 4) is 0 Å². The van der Waals surface area contributed by atoms with Gasteiger partial charge in [0.2, 0.25) is 0 Å². The van der Waals surface area contributed by atoms with Gasteiger partial charge in [0.05, 0.1) is 0 Å². The van der Waals surface area contributed by atoms with Gasteiger partial charge in [-0.1, -0.05) is 68.8 Å². The average Bonchev–Trinajstić information content (AvgIpc) is 2.30. The fourth-order valence-corrected chi connectivity index (χ4v) is 2.05. The number of rotatable bonds is 0. The quantitative estimate of drug-likeness (QED) is 0.396. The molecule has 0 fully saturated rings. The lowest BCUT2D eigenvalue weighted by Gasteiger charge is -2.07. The van der Waals surface area contributed by atoms with Crippen LogP contribution in [0, 0.1) is 0 Å². The van der Waals surface area contributed by atoms with Crippen molar-refractivity contribution in [3.05, 3.63) is 54.6 Å². The van der Waals surface area contributed by atoms with Crippen LogP contribution in [0.2, 0.25) is 0 Å². The molecule has 0 nitrogen and oxygen atoms in total. The van der Waals surface area contributed by atoms with Gasteiger partial charge in [-0.05, 0) is 27.6 Å². The van der Waals surface area contributed by atoms with Crippen molar-refractivity contribution in [2.75, 3.05) is 0 Å². The molecular weight excluding hydrogens is 203 g/mol. The van der Waals surface area contributed by atoms with Gasteiger partial charge in [0.25, 0.3) is 0 Å². The van der Waals surface area contributed by atoms with Crippen LogP contribution < -0.4 is 5.46 Å². The summed E-state index contributed by atoms with van der Waals surface area (Å²) in [5, 5.41) is 4.68. The van der Waals surface area contributed by atoms with Crippen molar-refractivity contribution in [1.82, 2.24) is 0 Å². The van der Waals surface area contributed by atoms with E-state index in [4.69, 9.17) is 7.85 Å². The summed E-state index contributed by atoms with van der Waals surface area (Å²) in [7, 11) is 6.15. The summed E-state index contributed by atoms with van der Waals surface area (Å²) < 4.78 is 0. The highest BCUT2D eigenvalue weighted by atomic mass is 14.0. The molecule has 84 valence electrons. The van der Waals surface area contributed by atoms with Gasteiger partial charge in [-0.25, -0.2) is 0 Å². The van der Waals surface area contributed by atoms with E-state index in [0.717, 1.165) is 16.2 Å². The monoisotopic (exact) mass is 220 g/mol. The lowest BCUT2D eigenvalue weighted by molar-refractivity contribution is 1.78. The molecular formula is C16H17B. The Morgan fingerprint density at radius 3 is 1.53 bits per heavy atom. The molecule has 0 spiro atoms. The maximum Gasteiger partial charge on any atom is 0.115 e. The Bertz CT molecular complexity index is 587. The largest absolute Gasteiger partial charge is 0.115 e. The first kappa shape index (κ1) is 13.3. The van der Waals surface area contributed by atoms with Crippen LogP contribution in [0.15, 0.2) is 54.6 Å². The van der Waals surface area contributed by atoms with Crippen LogP contribution in [0.4, 0.5) is 0 Å². The number of hydrogen-bond acceptors (Lipinski definition) is 0. The van der Waals surface area contributed by atoms with Crippen molar-refractivity contribution < 1.29 is 0 Å². The normalized spacial score (nSPS) is 9.65. The average molecular weight is 220 g/mol. The minimum Gasteiger partial charge on any atom is -0.0813 e. The Hall–Kier alpha value is -1.76. The molecule has 0 unspecified atom stereocenters. The van der Waals surface area contributed by atoms with Crippen molar-refractivity contribution in [3.63, 3.8) is 0 Å². The van der Waals surface area contributed by atoms with Crippen molar-refractivity contribution in [2.45, 2.75) is 14.9 Å². The van der Waals surface area contributed by atoms with Gasteiger partial charge in [-0.2, -0.15) is 0 Å². The van der Waals surface area contributed by atoms with Crippen molar-refractivity contribution >= 4 is 34.9 Å². The molecule has 0 aromatic heterocycles. The molecule has 0 aliphatic rings. The molecule has 0 aliphatic heterocycles. The lowest BCUT2D eigenvalue weighted by atomic mass is 9.85. The number of benzene rings is 3. The summed E-state index contributed by atoms with van der Waals surface area (Å²) in [6.07, 6.45) is 0. The second kappa shape index (κ2) is 5.05. The Kier molecular flexibility index (Phi) is 3.95. The molecule has 3 aromatic rings. The minimum absolute atomic E-state index is 0. The first-order valence-electron chi connectivity index (χ1n) is 5.02. The van der Waals surface area contributed by atoms with Crippen LogP contribution in [0.1, 0.15) is 14.9 Å². The van der Waals surface area contributed by atoms with Gasteiger partial charge in [-0.3, -0.25) is 0 Å². The predicted molar refractivity (Wildman–Crippen MR) is 80.3 cm³/mol. The molecule has 0 saturated heterocycles. The lowest BCUT2D eigenvalue weighted by Crippen LogP contribution is -2.05. The zero-order valence-corrected chi connectivity index (χ0v) is 8.27. The Morgan fingerprint density at radius 2 is 1.06 bits per heavy atom. The highest BCUT2D eigenvalue weighted by Gasteiger charge is 2.01. The maximum atomic E-state index is 6.15. The summed E-state index contributed by atoms with van der Waals surface area (Å²) in [5.74, 6) is 0. The molecule has 3 aromatic carbocycles. The molecule has 3 rings (SSSR count). The molecule has 0 saturated carbocycles. The van der Waals surface area contributed by atoms with E-state index in [1.54, 1.807) is 0 Å². The topological polar surface area (TPSA) is 0 Å². The van der Waals surface area contributed by atoms with E-state index >= 15 is 0 Å². The SMILES string of the molecule is C.C.[B]c1c2ccccc2cc2ccccc12. The summed E-state index contributed by atoms with van der Waals surface area (Å²) in [6, 6.07) is 18.6. The Balaban J connectivity index is 0.000000722. The minimum atomic E-state index is 0. The van der Waals surface area contributed by atoms with E-state index in [9.17, 15) is 0 Å². The third-order valence-corrected chi connectivity index (χ3v) is 2.81. The molecule has 0 atom stereocenters. The standard InChI is InChI=1S/C14H9B.2CH4/c15-14-12-7-3-1-5-10(12)9-11-6-2-4-8-13(11)14;;/h1-9H;2*1H4. The number of hydrogen-bond donors (Lipinski definition) is 0. The van der Waals surface area contributed by atoms with Gasteiger partial charge in [-0.15, -0.1) is 0 Å². The van der Waals surface area contributed by atoms with E-state index in [1.807, 2.05) is 24.3 Å². The smallest absolute Gasteiger partial charge is 0.0813 e. The third-order valence-electron chi connectivity index (χ3n) is 2.81. The first-order chi connectivity index (χ1) is 7.36. The van der Waals surface area contributed by atoms with E-state index in [0.29, 0.717) is 0 Å². The Morgan fingerprint density at radius 1 is 0.647 bits per heavy atom. The third kappa shape index (κ3) is 2.05. The molecule has 1 heteroatoms. The molecule has 17 heavy (non-hydrogen) atoms. The highest BCUT2D eigenvalue weighted by Crippen LogP contribution is 2.19. The molecule has 0 bridgehead atoms. The zero-order chi connectivity index (χ0) is 10.3. The number of fused-ring (bicyclic) bond motifs is 2. The van der Waals surface area contributed by atoms with Gasteiger partial charge in [0.15, 0.2) is 0 Å². The first-order valence-corrected chi connectivity index (χ1v) is 5.02. The molecule has 0 aliphatic carbocycles. The Labute approximate surface area is 105 Å². The van der Waals surface area contributed by atoms with Crippen LogP contribution in [0.5, 0.6) is 0 Å². The summed E-state index contributed by atoms with van der Waals surface area (Å²) >= 11 is 0. The molecule has 0 N–H and O–H groups in total. The second-order valence-electron chi connectivity index (χ2n) is 3.73. The molecule has 0 heterocycles. The van der Waals surface area contributed by atoms with Gasteiger partial charge >= 0.3 is 0 Å². The summed E-state index contributed by atoms with van der Waals surface area (Å²) in [6.45, 7) is 0. The van der Waals surface area contributed by atoms with E-state index in [1.165, 1.54) is 10.8 Å².